The molecule has 0 bridgehead atoms. The number of tetrazole rings is 1. The molecule has 1 heterocycles. The zero-order valence-corrected chi connectivity index (χ0v) is 14.5. The lowest BCUT2D eigenvalue weighted by atomic mass is 10.2. The van der Waals surface area contributed by atoms with Crippen molar-refractivity contribution in [2.75, 3.05) is 11.9 Å². The van der Waals surface area contributed by atoms with E-state index < -0.39 is 35.1 Å². The summed E-state index contributed by atoms with van der Waals surface area (Å²) < 4.78 is 58.8. The number of anilines is 1. The van der Waals surface area contributed by atoms with E-state index in [0.717, 1.165) is 16.8 Å². The fraction of sp³-hybridized carbons (Fsp3) is 0.125. The van der Waals surface area contributed by atoms with E-state index >= 15 is 0 Å². The van der Waals surface area contributed by atoms with E-state index in [1.54, 1.807) is 0 Å². The van der Waals surface area contributed by atoms with Gasteiger partial charge in [0.25, 0.3) is 5.91 Å². The molecule has 0 aliphatic rings. The first-order chi connectivity index (χ1) is 13.2. The second kappa shape index (κ2) is 7.80. The third kappa shape index (κ3) is 4.55. The molecule has 0 spiro atoms. The van der Waals surface area contributed by atoms with Crippen LogP contribution in [-0.2, 0) is 11.0 Å². The Balaban J connectivity index is 1.63. The van der Waals surface area contributed by atoms with Crippen LogP contribution in [0.2, 0.25) is 5.02 Å². The molecule has 2 aromatic carbocycles. The Morgan fingerprint density at radius 1 is 1.21 bits per heavy atom. The monoisotopic (exact) mass is 415 g/mol. The lowest BCUT2D eigenvalue weighted by Crippen LogP contribution is -2.20. The van der Waals surface area contributed by atoms with Gasteiger partial charge in [-0.15, -0.1) is 5.10 Å². The van der Waals surface area contributed by atoms with Crippen LogP contribution in [0.1, 0.15) is 5.56 Å². The number of nitrogens with one attached hydrogen (secondary N) is 1. The van der Waals surface area contributed by atoms with Gasteiger partial charge < -0.3 is 10.1 Å². The highest BCUT2D eigenvalue weighted by atomic mass is 35.5. The molecule has 146 valence electrons. The summed E-state index contributed by atoms with van der Waals surface area (Å²) in [6, 6.07) is 6.70. The number of nitrogens with zero attached hydrogens (tertiary/aromatic N) is 4. The van der Waals surface area contributed by atoms with Crippen molar-refractivity contribution in [1.82, 2.24) is 20.2 Å². The predicted molar refractivity (Wildman–Crippen MR) is 89.7 cm³/mol. The Bertz CT molecular complexity index is 995. The van der Waals surface area contributed by atoms with Gasteiger partial charge in [-0.05, 0) is 40.8 Å². The molecule has 3 rings (SSSR count). The maximum Gasteiger partial charge on any atom is 0.417 e. The minimum absolute atomic E-state index is 0.0385. The summed E-state index contributed by atoms with van der Waals surface area (Å²) in [4.78, 5) is 11.9. The zero-order chi connectivity index (χ0) is 20.3. The highest BCUT2D eigenvalue weighted by Gasteiger charge is 2.33. The van der Waals surface area contributed by atoms with E-state index in [2.05, 4.69) is 20.8 Å². The second-order valence-electron chi connectivity index (χ2n) is 5.40. The molecule has 0 aliphatic carbocycles. The fourth-order valence-electron chi connectivity index (χ4n) is 2.20. The predicted octanol–water partition coefficient (Wildman–Crippen LogP) is 3.49. The number of benzene rings is 2. The van der Waals surface area contributed by atoms with E-state index in [1.807, 2.05) is 0 Å². The number of alkyl halides is 3. The summed E-state index contributed by atoms with van der Waals surface area (Å²) in [5, 5.41) is 12.1. The Kier molecular flexibility index (Phi) is 5.45. The van der Waals surface area contributed by atoms with Gasteiger partial charge in [0.1, 0.15) is 17.8 Å². The molecule has 0 atom stereocenters. The van der Waals surface area contributed by atoms with Crippen LogP contribution in [0.25, 0.3) is 5.69 Å². The Labute approximate surface area is 159 Å². The minimum atomic E-state index is -4.66. The quantitative estimate of drug-likeness (QED) is 0.645. The van der Waals surface area contributed by atoms with E-state index in [0.29, 0.717) is 6.07 Å². The van der Waals surface area contributed by atoms with Crippen LogP contribution in [-0.4, -0.2) is 32.7 Å². The number of hydrogen-bond acceptors (Lipinski definition) is 5. The zero-order valence-electron chi connectivity index (χ0n) is 13.7. The maximum absolute atomic E-state index is 14.1. The van der Waals surface area contributed by atoms with Gasteiger partial charge in [0.05, 0.1) is 10.6 Å². The first kappa shape index (κ1) is 19.5. The molecule has 0 radical (unpaired) electrons. The van der Waals surface area contributed by atoms with Gasteiger partial charge in [-0.1, -0.05) is 11.6 Å². The van der Waals surface area contributed by atoms with E-state index in [4.69, 9.17) is 16.3 Å². The minimum Gasteiger partial charge on any atom is -0.484 e. The van der Waals surface area contributed by atoms with Gasteiger partial charge in [-0.3, -0.25) is 4.79 Å². The molecule has 0 aliphatic heterocycles. The molecule has 0 fully saturated rings. The van der Waals surface area contributed by atoms with Gasteiger partial charge in [0.15, 0.2) is 12.4 Å². The van der Waals surface area contributed by atoms with Crippen LogP contribution in [0.4, 0.5) is 23.2 Å². The van der Waals surface area contributed by atoms with E-state index in [-0.39, 0.29) is 17.1 Å². The Morgan fingerprint density at radius 3 is 2.64 bits per heavy atom. The summed E-state index contributed by atoms with van der Waals surface area (Å²) in [5.74, 6) is -1.39. The molecule has 1 amide bonds. The first-order valence-corrected chi connectivity index (χ1v) is 7.94. The first-order valence-electron chi connectivity index (χ1n) is 7.56. The molecule has 0 saturated heterocycles. The lowest BCUT2D eigenvalue weighted by molar-refractivity contribution is -0.137. The normalized spacial score (nSPS) is 11.3. The lowest BCUT2D eigenvalue weighted by Gasteiger charge is -2.12. The second-order valence-corrected chi connectivity index (χ2v) is 5.80. The summed E-state index contributed by atoms with van der Waals surface area (Å²) in [7, 11) is 0. The number of amides is 1. The van der Waals surface area contributed by atoms with Crippen molar-refractivity contribution >= 4 is 23.2 Å². The molecule has 12 heteroatoms. The number of carbonyl (C=O) groups is 1. The van der Waals surface area contributed by atoms with Crippen LogP contribution in [0.15, 0.2) is 42.7 Å². The molecule has 3 aromatic rings. The maximum atomic E-state index is 14.1. The number of rotatable bonds is 5. The summed E-state index contributed by atoms with van der Waals surface area (Å²) in [5.41, 5.74) is -1.11. The van der Waals surface area contributed by atoms with Gasteiger partial charge in [-0.2, -0.15) is 17.9 Å². The highest BCUT2D eigenvalue weighted by Crippen LogP contribution is 2.36. The van der Waals surface area contributed by atoms with Crippen LogP contribution in [0.3, 0.4) is 0 Å². The van der Waals surface area contributed by atoms with Crippen LogP contribution in [0, 0.1) is 5.82 Å². The molecular weight excluding hydrogens is 406 g/mol. The summed E-state index contributed by atoms with van der Waals surface area (Å²) >= 11 is 5.52. The van der Waals surface area contributed by atoms with E-state index in [1.165, 1.54) is 24.5 Å². The van der Waals surface area contributed by atoms with Gasteiger partial charge in [0, 0.05) is 11.8 Å². The summed E-state index contributed by atoms with van der Waals surface area (Å²) in [6.07, 6.45) is -3.46. The van der Waals surface area contributed by atoms with Gasteiger partial charge in [-0.25, -0.2) is 4.39 Å². The van der Waals surface area contributed by atoms with Crippen molar-refractivity contribution in [3.8, 4) is 11.4 Å². The largest absolute Gasteiger partial charge is 0.484 e. The average Bonchev–Trinajstić information content (AvgIpc) is 3.15. The van der Waals surface area contributed by atoms with Crippen molar-refractivity contribution in [1.29, 1.82) is 0 Å². The third-order valence-electron chi connectivity index (χ3n) is 3.44. The van der Waals surface area contributed by atoms with Crippen LogP contribution in [0.5, 0.6) is 5.75 Å². The number of hydrogen-bond donors (Lipinski definition) is 1. The van der Waals surface area contributed by atoms with Crippen molar-refractivity contribution in [3.63, 3.8) is 0 Å². The summed E-state index contributed by atoms with van der Waals surface area (Å²) in [6.45, 7) is -0.548. The smallest absolute Gasteiger partial charge is 0.417 e. The molecule has 0 unspecified atom stereocenters. The Morgan fingerprint density at radius 2 is 2.00 bits per heavy atom. The molecule has 7 nitrogen and oxygen atoms in total. The number of ether oxygens (including phenoxy) is 1. The molecule has 28 heavy (non-hydrogen) atoms. The molecule has 1 aromatic heterocycles. The van der Waals surface area contributed by atoms with Crippen molar-refractivity contribution in [2.24, 2.45) is 0 Å². The van der Waals surface area contributed by atoms with Crippen molar-refractivity contribution in [2.45, 2.75) is 6.18 Å². The van der Waals surface area contributed by atoms with E-state index in [9.17, 15) is 22.4 Å². The third-order valence-corrected chi connectivity index (χ3v) is 3.77. The van der Waals surface area contributed by atoms with Crippen molar-refractivity contribution in [3.05, 3.63) is 59.1 Å². The SMILES string of the molecule is O=C(COc1ccc(-n2cnnn2)c(F)c1)Nc1ccc(Cl)c(C(F)(F)F)c1. The van der Waals surface area contributed by atoms with Crippen molar-refractivity contribution < 1.29 is 27.1 Å². The fourth-order valence-corrected chi connectivity index (χ4v) is 2.43. The van der Waals surface area contributed by atoms with Gasteiger partial charge in [0.2, 0.25) is 0 Å². The topological polar surface area (TPSA) is 81.9 Å². The standard InChI is InChI=1S/C16H10ClF4N5O2/c17-12-3-1-9(5-11(12)16(19,20)21)23-15(27)7-28-10-2-4-14(13(18)6-10)26-8-22-24-25-26/h1-6,8H,7H2,(H,23,27). The number of halogens is 5. The highest BCUT2D eigenvalue weighted by molar-refractivity contribution is 6.31. The molecule has 1 N–H and O–H groups in total. The van der Waals surface area contributed by atoms with Gasteiger partial charge >= 0.3 is 6.18 Å². The average molecular weight is 416 g/mol. The Hall–Kier alpha value is -3.21. The number of aromatic nitrogens is 4. The molecule has 0 saturated carbocycles. The number of carbonyl (C=O) groups excluding carboxylic acids is 1. The van der Waals surface area contributed by atoms with Crippen LogP contribution >= 0.6 is 11.6 Å². The molecular formula is C16H10ClF4N5O2. The van der Waals surface area contributed by atoms with Crippen LogP contribution < -0.4 is 10.1 Å².